The van der Waals surface area contributed by atoms with Crippen LogP contribution in [0.4, 0.5) is 5.69 Å². The van der Waals surface area contributed by atoms with Crippen molar-refractivity contribution in [1.29, 1.82) is 0 Å². The van der Waals surface area contributed by atoms with Crippen molar-refractivity contribution in [3.05, 3.63) is 28.6 Å². The molecule has 0 radical (unpaired) electrons. The maximum absolute atomic E-state index is 10.0. The molecular formula is C5H4N2O3. The van der Waals surface area contributed by atoms with Crippen LogP contribution in [-0.2, 0) is 0 Å². The summed E-state index contributed by atoms with van der Waals surface area (Å²) >= 11 is 0. The van der Waals surface area contributed by atoms with Crippen molar-refractivity contribution in [2.75, 3.05) is 0 Å². The van der Waals surface area contributed by atoms with Crippen LogP contribution >= 0.6 is 0 Å². The van der Waals surface area contributed by atoms with E-state index >= 15 is 0 Å². The van der Waals surface area contributed by atoms with Gasteiger partial charge in [-0.15, -0.1) is 0 Å². The van der Waals surface area contributed by atoms with Crippen LogP contribution in [0.2, 0.25) is 0 Å². The van der Waals surface area contributed by atoms with Crippen LogP contribution in [0, 0.1) is 10.1 Å². The topological polar surface area (TPSA) is 76.3 Å². The maximum atomic E-state index is 10.0. The first-order chi connectivity index (χ1) is 4.70. The number of aromatic hydroxyl groups is 1. The van der Waals surface area contributed by atoms with Crippen molar-refractivity contribution in [2.24, 2.45) is 0 Å². The van der Waals surface area contributed by atoms with Crippen LogP contribution in [0.1, 0.15) is 0 Å². The van der Waals surface area contributed by atoms with Gasteiger partial charge in [-0.05, 0) is 0 Å². The summed E-state index contributed by atoms with van der Waals surface area (Å²) < 4.78 is 0. The van der Waals surface area contributed by atoms with Crippen LogP contribution in [-0.4, -0.2) is 15.0 Å². The van der Waals surface area contributed by atoms with Crippen molar-refractivity contribution >= 4 is 5.69 Å². The zero-order chi connectivity index (χ0) is 7.56. The second-order valence-corrected chi connectivity index (χ2v) is 1.66. The molecule has 0 aliphatic carbocycles. The Labute approximate surface area is 56.1 Å². The largest absolute Gasteiger partial charge is 0.506 e. The number of hydrogen-bond acceptors (Lipinski definition) is 4. The third-order valence-electron chi connectivity index (χ3n) is 0.920. The molecule has 0 bridgehead atoms. The standard InChI is InChI=1S/C5H4N2O3/c8-5-1-4(7(9)10)2-6-3-5/h1-3,8H. The highest BCUT2D eigenvalue weighted by molar-refractivity contribution is 5.32. The smallest absolute Gasteiger partial charge is 0.291 e. The lowest BCUT2D eigenvalue weighted by Crippen LogP contribution is -1.87. The third-order valence-corrected chi connectivity index (χ3v) is 0.920. The highest BCUT2D eigenvalue weighted by Crippen LogP contribution is 2.14. The van der Waals surface area contributed by atoms with Crippen molar-refractivity contribution in [3.8, 4) is 5.75 Å². The van der Waals surface area contributed by atoms with Gasteiger partial charge in [0.05, 0.1) is 17.2 Å². The minimum absolute atomic E-state index is 0.200. The van der Waals surface area contributed by atoms with E-state index in [1.807, 2.05) is 0 Å². The summed E-state index contributed by atoms with van der Waals surface area (Å²) in [6.07, 6.45) is 2.20. The summed E-state index contributed by atoms with van der Waals surface area (Å²) in [6.45, 7) is 0. The molecule has 5 heteroatoms. The Morgan fingerprint density at radius 2 is 2.30 bits per heavy atom. The number of hydrogen-bond donors (Lipinski definition) is 1. The average molecular weight is 140 g/mol. The Bertz CT molecular complexity index is 261. The fourth-order valence-electron chi connectivity index (χ4n) is 0.516. The van der Waals surface area contributed by atoms with Gasteiger partial charge in [0.1, 0.15) is 11.9 Å². The van der Waals surface area contributed by atoms with Crippen molar-refractivity contribution in [1.82, 2.24) is 4.98 Å². The molecule has 10 heavy (non-hydrogen) atoms. The van der Waals surface area contributed by atoms with Crippen LogP contribution in [0.15, 0.2) is 18.5 Å². The van der Waals surface area contributed by atoms with Gasteiger partial charge in [0.15, 0.2) is 0 Å². The Morgan fingerprint density at radius 1 is 1.60 bits per heavy atom. The van der Waals surface area contributed by atoms with Gasteiger partial charge in [-0.2, -0.15) is 0 Å². The fourth-order valence-corrected chi connectivity index (χ4v) is 0.516. The Morgan fingerprint density at radius 3 is 2.70 bits per heavy atom. The second-order valence-electron chi connectivity index (χ2n) is 1.66. The second kappa shape index (κ2) is 2.30. The minimum Gasteiger partial charge on any atom is -0.506 e. The molecule has 0 saturated heterocycles. The number of pyridine rings is 1. The van der Waals surface area contributed by atoms with Gasteiger partial charge in [0.2, 0.25) is 0 Å². The van der Waals surface area contributed by atoms with E-state index in [1.54, 1.807) is 0 Å². The van der Waals surface area contributed by atoms with Gasteiger partial charge in [-0.25, -0.2) is 0 Å². The van der Waals surface area contributed by atoms with Crippen LogP contribution in [0.5, 0.6) is 5.75 Å². The van der Waals surface area contributed by atoms with Gasteiger partial charge in [-0.1, -0.05) is 0 Å². The number of nitrogens with zero attached hydrogens (tertiary/aromatic N) is 2. The van der Waals surface area contributed by atoms with Crippen LogP contribution < -0.4 is 0 Å². The molecule has 0 saturated carbocycles. The van der Waals surface area contributed by atoms with E-state index in [0.29, 0.717) is 0 Å². The molecule has 52 valence electrons. The van der Waals surface area contributed by atoms with E-state index < -0.39 is 4.92 Å². The summed E-state index contributed by atoms with van der Waals surface area (Å²) in [5, 5.41) is 18.7. The molecule has 5 nitrogen and oxygen atoms in total. The van der Waals surface area contributed by atoms with E-state index in [1.165, 1.54) is 0 Å². The van der Waals surface area contributed by atoms with Crippen LogP contribution in [0.3, 0.4) is 0 Å². The molecule has 0 aromatic carbocycles. The molecule has 1 rings (SSSR count). The predicted molar refractivity (Wildman–Crippen MR) is 32.6 cm³/mol. The Balaban J connectivity index is 3.07. The lowest BCUT2D eigenvalue weighted by atomic mass is 10.4. The van der Waals surface area contributed by atoms with E-state index in [9.17, 15) is 10.1 Å². The summed E-state index contributed by atoms with van der Waals surface area (Å²) in [4.78, 5) is 12.8. The zero-order valence-electron chi connectivity index (χ0n) is 4.89. The van der Waals surface area contributed by atoms with E-state index in [2.05, 4.69) is 4.98 Å². The lowest BCUT2D eigenvalue weighted by molar-refractivity contribution is -0.385. The quantitative estimate of drug-likeness (QED) is 0.460. The molecule has 0 atom stereocenters. The first-order valence-electron chi connectivity index (χ1n) is 2.48. The monoisotopic (exact) mass is 140 g/mol. The SMILES string of the molecule is O=[N+]([O-])c1cncc(O)c1. The summed E-state index contributed by atoms with van der Waals surface area (Å²) in [6, 6.07) is 1.03. The summed E-state index contributed by atoms with van der Waals surface area (Å²) in [5.74, 6) is -0.200. The Kier molecular flexibility index (Phi) is 1.49. The number of aromatic nitrogens is 1. The number of rotatable bonds is 1. The molecule has 0 fully saturated rings. The normalized spacial score (nSPS) is 9.20. The highest BCUT2D eigenvalue weighted by Gasteiger charge is 2.04. The molecule has 0 aliphatic rings. The minimum atomic E-state index is -0.618. The predicted octanol–water partition coefficient (Wildman–Crippen LogP) is 0.695. The van der Waals surface area contributed by atoms with E-state index in [0.717, 1.165) is 18.5 Å². The molecule has 1 heterocycles. The Hall–Kier alpha value is -1.65. The molecule has 0 spiro atoms. The van der Waals surface area contributed by atoms with Gasteiger partial charge in [0.25, 0.3) is 5.69 Å². The van der Waals surface area contributed by atoms with Gasteiger partial charge >= 0.3 is 0 Å². The fraction of sp³-hybridized carbons (Fsp3) is 0. The zero-order valence-corrected chi connectivity index (χ0v) is 4.89. The summed E-state index contributed by atoms with van der Waals surface area (Å²) in [7, 11) is 0. The summed E-state index contributed by atoms with van der Waals surface area (Å²) in [5.41, 5.74) is -0.208. The van der Waals surface area contributed by atoms with E-state index in [-0.39, 0.29) is 11.4 Å². The van der Waals surface area contributed by atoms with Crippen molar-refractivity contribution < 1.29 is 10.0 Å². The van der Waals surface area contributed by atoms with Crippen molar-refractivity contribution in [2.45, 2.75) is 0 Å². The van der Waals surface area contributed by atoms with Crippen molar-refractivity contribution in [3.63, 3.8) is 0 Å². The maximum Gasteiger partial charge on any atom is 0.291 e. The number of nitro groups is 1. The molecule has 0 amide bonds. The third kappa shape index (κ3) is 1.19. The first kappa shape index (κ1) is 6.47. The molecule has 0 unspecified atom stereocenters. The van der Waals surface area contributed by atoms with Gasteiger partial charge in [-0.3, -0.25) is 15.1 Å². The average Bonchev–Trinajstić information content (AvgIpc) is 1.88. The molecule has 1 N–H and O–H groups in total. The van der Waals surface area contributed by atoms with E-state index in [4.69, 9.17) is 5.11 Å². The highest BCUT2D eigenvalue weighted by atomic mass is 16.6. The molecule has 1 aromatic rings. The molecule has 1 aromatic heterocycles. The first-order valence-corrected chi connectivity index (χ1v) is 2.48. The molecular weight excluding hydrogens is 136 g/mol. The lowest BCUT2D eigenvalue weighted by Gasteiger charge is -1.89. The molecule has 0 aliphatic heterocycles. The van der Waals surface area contributed by atoms with Crippen LogP contribution in [0.25, 0.3) is 0 Å². The van der Waals surface area contributed by atoms with Gasteiger partial charge < -0.3 is 5.11 Å². The van der Waals surface area contributed by atoms with Gasteiger partial charge in [0, 0.05) is 0 Å².